The first-order valence-corrected chi connectivity index (χ1v) is 14.3. The number of hydrogen-bond acceptors (Lipinski definition) is 5. The highest BCUT2D eigenvalue weighted by atomic mass is 35.5. The van der Waals surface area contributed by atoms with E-state index in [-0.39, 0.29) is 5.57 Å². The van der Waals surface area contributed by atoms with E-state index in [2.05, 4.69) is 31.8 Å². The lowest BCUT2D eigenvalue weighted by atomic mass is 9.93. The Morgan fingerprint density at radius 2 is 1.88 bits per heavy atom. The van der Waals surface area contributed by atoms with Crippen LogP contribution < -0.4 is 10.1 Å². The molecule has 1 aliphatic carbocycles. The molecule has 41 heavy (non-hydrogen) atoms. The highest BCUT2D eigenvalue weighted by Gasteiger charge is 2.30. The summed E-state index contributed by atoms with van der Waals surface area (Å²) in [6, 6.07) is 13.8. The highest BCUT2D eigenvalue weighted by Crippen LogP contribution is 2.43. The molecule has 5 rings (SSSR count). The molecular weight excluding hydrogens is 536 g/mol. The molecule has 1 aromatic heterocycles. The van der Waals surface area contributed by atoms with Crippen molar-refractivity contribution in [3.63, 3.8) is 0 Å². The maximum atomic E-state index is 13.3. The van der Waals surface area contributed by atoms with Crippen LogP contribution in [0.4, 0.5) is 5.69 Å². The lowest BCUT2D eigenvalue weighted by molar-refractivity contribution is -0.128. The number of aryl methyl sites for hydroxylation is 1. The summed E-state index contributed by atoms with van der Waals surface area (Å²) < 4.78 is 5.69. The van der Waals surface area contributed by atoms with Crippen LogP contribution in [0.1, 0.15) is 49.3 Å². The van der Waals surface area contributed by atoms with Crippen molar-refractivity contribution in [2.24, 2.45) is 0 Å². The molecule has 7 nitrogen and oxygen atoms in total. The lowest BCUT2D eigenvalue weighted by Gasteiger charge is -2.31. The van der Waals surface area contributed by atoms with Gasteiger partial charge >= 0.3 is 0 Å². The van der Waals surface area contributed by atoms with Gasteiger partial charge in [0.05, 0.1) is 17.8 Å². The molecule has 212 valence electrons. The van der Waals surface area contributed by atoms with Crippen molar-refractivity contribution in [3.05, 3.63) is 88.4 Å². The number of fused-ring (bicyclic) bond motifs is 1. The van der Waals surface area contributed by atoms with Crippen LogP contribution in [-0.2, 0) is 22.4 Å². The quantitative estimate of drug-likeness (QED) is 0.317. The summed E-state index contributed by atoms with van der Waals surface area (Å²) in [5, 5.41) is 3.58. The number of likely N-dealkylation sites (N-methyl/N-ethyl adjacent to an activating group) is 1. The number of anilines is 1. The Labute approximate surface area is 246 Å². The number of amides is 2. The van der Waals surface area contributed by atoms with Crippen LogP contribution in [-0.4, -0.2) is 47.8 Å². The van der Waals surface area contributed by atoms with Crippen molar-refractivity contribution in [2.75, 3.05) is 26.5 Å². The van der Waals surface area contributed by atoms with Gasteiger partial charge in [-0.1, -0.05) is 68.8 Å². The van der Waals surface area contributed by atoms with Gasteiger partial charge in [-0.05, 0) is 54.0 Å². The minimum Gasteiger partial charge on any atom is -0.481 e. The van der Waals surface area contributed by atoms with E-state index in [1.54, 1.807) is 26.1 Å². The SMILES string of the molecule is C=C1N(C)C=C(C(=O)Nc2cccc(-c3cccc(-c4cc5c(c(OC)n4)C(C)CC5)c3Cl)c2CCC)C(=O)N1C. The molecule has 2 aliphatic rings. The van der Waals surface area contributed by atoms with Crippen molar-refractivity contribution < 1.29 is 14.3 Å². The number of aromatic nitrogens is 1. The standard InChI is InChI=1S/C33H35ClN4O3/c1-7-10-23-22(11-9-14-27(23)35-31(39)26-18-37(4)20(3)38(5)33(26)40)24-12-8-13-25(30(24)34)28-17-21-16-15-19(2)29(21)32(36-28)41-6/h8-9,11-14,17-19H,3,7,10,15-16H2,1-2,4-6H3,(H,35,39). The molecule has 8 heteroatoms. The first kappa shape index (κ1) is 28.4. The molecule has 1 aliphatic heterocycles. The minimum atomic E-state index is -0.473. The van der Waals surface area contributed by atoms with Gasteiger partial charge in [-0.2, -0.15) is 0 Å². The maximum Gasteiger partial charge on any atom is 0.266 e. The number of nitrogens with one attached hydrogen (secondary N) is 1. The Morgan fingerprint density at radius 1 is 1.17 bits per heavy atom. The zero-order chi connectivity index (χ0) is 29.4. The number of benzene rings is 2. The Kier molecular flexibility index (Phi) is 7.91. The average molecular weight is 571 g/mol. The molecule has 2 aromatic carbocycles. The fourth-order valence-corrected chi connectivity index (χ4v) is 6.07. The van der Waals surface area contributed by atoms with Gasteiger partial charge in [0.1, 0.15) is 11.4 Å². The molecule has 1 atom stereocenters. The number of pyridine rings is 1. The monoisotopic (exact) mass is 570 g/mol. The zero-order valence-electron chi connectivity index (χ0n) is 24.2. The third-order valence-corrected chi connectivity index (χ3v) is 8.44. The van der Waals surface area contributed by atoms with E-state index in [9.17, 15) is 9.59 Å². The molecular formula is C33H35ClN4O3. The van der Waals surface area contributed by atoms with Crippen molar-refractivity contribution in [1.29, 1.82) is 0 Å². The third kappa shape index (κ3) is 5.10. The summed E-state index contributed by atoms with van der Waals surface area (Å²) in [6.45, 7) is 8.18. The third-order valence-electron chi connectivity index (χ3n) is 8.03. The molecule has 2 amide bonds. The van der Waals surface area contributed by atoms with Crippen LogP contribution >= 0.6 is 11.6 Å². The summed E-state index contributed by atoms with van der Waals surface area (Å²) in [5.41, 5.74) is 7.45. The minimum absolute atomic E-state index is 0.0428. The molecule has 0 fully saturated rings. The molecule has 2 heterocycles. The Bertz CT molecular complexity index is 1600. The fraction of sp³-hybridized carbons (Fsp3) is 0.303. The van der Waals surface area contributed by atoms with Crippen molar-refractivity contribution in [1.82, 2.24) is 14.8 Å². The van der Waals surface area contributed by atoms with Gasteiger partial charge in [0.25, 0.3) is 11.8 Å². The number of rotatable bonds is 7. The first-order valence-electron chi connectivity index (χ1n) is 13.9. The first-order chi connectivity index (χ1) is 19.7. The smallest absolute Gasteiger partial charge is 0.266 e. The van der Waals surface area contributed by atoms with Crippen LogP contribution in [0, 0.1) is 0 Å². The Morgan fingerprint density at radius 3 is 2.61 bits per heavy atom. The van der Waals surface area contributed by atoms with Crippen LogP contribution in [0.5, 0.6) is 5.88 Å². The van der Waals surface area contributed by atoms with Crippen LogP contribution in [0.3, 0.4) is 0 Å². The van der Waals surface area contributed by atoms with Gasteiger partial charge in [-0.3, -0.25) is 14.5 Å². The Balaban J connectivity index is 1.55. The molecule has 0 radical (unpaired) electrons. The van der Waals surface area contributed by atoms with E-state index in [1.165, 1.54) is 22.2 Å². The number of hydrogen-bond donors (Lipinski definition) is 1. The molecule has 0 spiro atoms. The number of nitrogens with zero attached hydrogens (tertiary/aromatic N) is 3. The predicted molar refractivity (Wildman–Crippen MR) is 164 cm³/mol. The number of carbonyl (C=O) groups excluding carboxylic acids is 2. The average Bonchev–Trinajstić information content (AvgIpc) is 3.35. The number of carbonyl (C=O) groups is 2. The molecule has 1 unspecified atom stereocenters. The number of methoxy groups -OCH3 is 1. The lowest BCUT2D eigenvalue weighted by Crippen LogP contribution is -2.41. The van der Waals surface area contributed by atoms with Gasteiger partial charge in [0.15, 0.2) is 0 Å². The maximum absolute atomic E-state index is 13.3. The summed E-state index contributed by atoms with van der Waals surface area (Å²) in [7, 11) is 5.02. The van der Waals surface area contributed by atoms with E-state index >= 15 is 0 Å². The topological polar surface area (TPSA) is 74.8 Å². The van der Waals surface area contributed by atoms with Crippen molar-refractivity contribution in [2.45, 2.75) is 45.4 Å². The van der Waals surface area contributed by atoms with Crippen LogP contribution in [0.15, 0.2) is 66.6 Å². The number of halogens is 1. The molecule has 0 bridgehead atoms. The van der Waals surface area contributed by atoms with Gasteiger partial charge in [0, 0.05) is 42.7 Å². The molecule has 0 saturated heterocycles. The second-order valence-corrected chi connectivity index (χ2v) is 11.0. The second kappa shape index (κ2) is 11.4. The van der Waals surface area contributed by atoms with Crippen molar-refractivity contribution in [3.8, 4) is 28.3 Å². The Hall–Kier alpha value is -4.10. The predicted octanol–water partition coefficient (Wildman–Crippen LogP) is 6.78. The molecule has 1 N–H and O–H groups in total. The summed E-state index contributed by atoms with van der Waals surface area (Å²) >= 11 is 7.13. The highest BCUT2D eigenvalue weighted by molar-refractivity contribution is 6.36. The van der Waals surface area contributed by atoms with E-state index in [0.717, 1.165) is 47.2 Å². The van der Waals surface area contributed by atoms with Crippen molar-refractivity contribution >= 4 is 29.1 Å². The fourth-order valence-electron chi connectivity index (χ4n) is 5.74. The summed E-state index contributed by atoms with van der Waals surface area (Å²) in [6.07, 6.45) is 5.14. The zero-order valence-corrected chi connectivity index (χ0v) is 24.9. The van der Waals surface area contributed by atoms with E-state index in [0.29, 0.717) is 34.7 Å². The number of ether oxygens (including phenoxy) is 1. The summed E-state index contributed by atoms with van der Waals surface area (Å²) in [5.74, 6) is 0.698. The van der Waals surface area contributed by atoms with Crippen LogP contribution in [0.25, 0.3) is 22.4 Å². The largest absolute Gasteiger partial charge is 0.481 e. The van der Waals surface area contributed by atoms with E-state index in [1.807, 2.05) is 36.4 Å². The van der Waals surface area contributed by atoms with Crippen LogP contribution in [0.2, 0.25) is 5.02 Å². The summed E-state index contributed by atoms with van der Waals surface area (Å²) in [4.78, 5) is 34.1. The van der Waals surface area contributed by atoms with E-state index < -0.39 is 11.8 Å². The van der Waals surface area contributed by atoms with Gasteiger partial charge in [-0.25, -0.2) is 4.98 Å². The van der Waals surface area contributed by atoms with E-state index in [4.69, 9.17) is 21.3 Å². The van der Waals surface area contributed by atoms with Gasteiger partial charge < -0.3 is 15.0 Å². The van der Waals surface area contributed by atoms with Gasteiger partial charge in [0.2, 0.25) is 5.88 Å². The molecule has 3 aromatic rings. The second-order valence-electron chi connectivity index (χ2n) is 10.7. The van der Waals surface area contributed by atoms with Gasteiger partial charge in [-0.15, -0.1) is 0 Å². The normalized spacial score (nSPS) is 16.5. The molecule has 0 saturated carbocycles.